The molecule has 3 aromatic heterocycles. The Hall–Kier alpha value is -1.85. The van der Waals surface area contributed by atoms with E-state index in [0.717, 1.165) is 5.56 Å². The molecule has 5 nitrogen and oxygen atoms in total. The zero-order valence-corrected chi connectivity index (χ0v) is 11.3. The summed E-state index contributed by atoms with van der Waals surface area (Å²) in [6, 6.07) is 3.50. The fourth-order valence-electron chi connectivity index (χ4n) is 1.76. The van der Waals surface area contributed by atoms with Gasteiger partial charge < -0.3 is 9.72 Å². The third-order valence-electron chi connectivity index (χ3n) is 2.64. The Bertz CT molecular complexity index is 718. The van der Waals surface area contributed by atoms with Crippen molar-refractivity contribution in [3.05, 3.63) is 34.7 Å². The molecule has 0 aliphatic rings. The van der Waals surface area contributed by atoms with E-state index in [1.807, 2.05) is 0 Å². The van der Waals surface area contributed by atoms with Crippen LogP contribution in [0.2, 0.25) is 10.2 Å². The first-order chi connectivity index (χ1) is 9.19. The van der Waals surface area contributed by atoms with Crippen molar-refractivity contribution in [1.29, 1.82) is 0 Å². The summed E-state index contributed by atoms with van der Waals surface area (Å²) in [5.41, 5.74) is 2.01. The zero-order valence-electron chi connectivity index (χ0n) is 9.82. The Balaban J connectivity index is 2.20. The van der Waals surface area contributed by atoms with E-state index in [1.165, 1.54) is 0 Å². The molecule has 0 unspecified atom stereocenters. The highest BCUT2D eigenvalue weighted by Gasteiger charge is 2.12. The Kier molecular flexibility index (Phi) is 3.00. The number of nitrogens with zero attached hydrogens (tertiary/aromatic N) is 3. The molecule has 3 rings (SSSR count). The number of ether oxygens (including phenoxy) is 1. The molecule has 0 bridgehead atoms. The van der Waals surface area contributed by atoms with Gasteiger partial charge in [0.15, 0.2) is 5.65 Å². The Morgan fingerprint density at radius 1 is 1.26 bits per heavy atom. The van der Waals surface area contributed by atoms with Crippen LogP contribution in [0.1, 0.15) is 0 Å². The van der Waals surface area contributed by atoms with Gasteiger partial charge in [-0.15, -0.1) is 0 Å². The van der Waals surface area contributed by atoms with E-state index in [9.17, 15) is 0 Å². The average Bonchev–Trinajstić information content (AvgIpc) is 2.82. The molecule has 0 aliphatic heterocycles. The molecular formula is C12H8Cl2N4O. The highest BCUT2D eigenvalue weighted by atomic mass is 35.5. The minimum absolute atomic E-state index is 0.230. The van der Waals surface area contributed by atoms with E-state index < -0.39 is 0 Å². The highest BCUT2D eigenvalue weighted by molar-refractivity contribution is 6.41. The minimum atomic E-state index is 0.230. The summed E-state index contributed by atoms with van der Waals surface area (Å²) < 4.78 is 5.25. The van der Waals surface area contributed by atoms with E-state index in [2.05, 4.69) is 19.9 Å². The van der Waals surface area contributed by atoms with Gasteiger partial charge in [-0.1, -0.05) is 23.2 Å². The van der Waals surface area contributed by atoms with Crippen molar-refractivity contribution in [3.63, 3.8) is 0 Å². The van der Waals surface area contributed by atoms with Crippen LogP contribution in [-0.4, -0.2) is 27.0 Å². The van der Waals surface area contributed by atoms with Gasteiger partial charge in [0.05, 0.1) is 29.4 Å². The molecule has 0 spiro atoms. The van der Waals surface area contributed by atoms with Crippen LogP contribution < -0.4 is 4.74 Å². The Morgan fingerprint density at radius 2 is 2.11 bits per heavy atom. The molecule has 7 heteroatoms. The van der Waals surface area contributed by atoms with E-state index >= 15 is 0 Å². The summed E-state index contributed by atoms with van der Waals surface area (Å²) in [5, 5.41) is 0.611. The molecule has 1 N–H and O–H groups in total. The van der Waals surface area contributed by atoms with E-state index in [-0.39, 0.29) is 5.15 Å². The number of aromatic amines is 1. The molecule has 3 aromatic rings. The summed E-state index contributed by atoms with van der Waals surface area (Å²) >= 11 is 11.8. The summed E-state index contributed by atoms with van der Waals surface area (Å²) in [6.45, 7) is 0. The second-order valence-electron chi connectivity index (χ2n) is 3.79. The van der Waals surface area contributed by atoms with E-state index in [1.54, 1.807) is 31.6 Å². The number of rotatable bonds is 2. The smallest absolute Gasteiger partial charge is 0.179 e. The fourth-order valence-corrected chi connectivity index (χ4v) is 2.05. The maximum atomic E-state index is 5.92. The lowest BCUT2D eigenvalue weighted by Crippen LogP contribution is -1.89. The van der Waals surface area contributed by atoms with Gasteiger partial charge in [0.25, 0.3) is 0 Å². The number of methoxy groups -OCH3 is 1. The third-order valence-corrected chi connectivity index (χ3v) is 3.32. The average molecular weight is 295 g/mol. The van der Waals surface area contributed by atoms with Crippen molar-refractivity contribution < 1.29 is 4.74 Å². The maximum absolute atomic E-state index is 5.92. The van der Waals surface area contributed by atoms with Crippen molar-refractivity contribution in [2.45, 2.75) is 0 Å². The lowest BCUT2D eigenvalue weighted by molar-refractivity contribution is 0.414. The SMILES string of the molecule is COc1cnccc1-c1nc2nc(Cl)c(Cl)cc2[nH]1. The molecule has 0 saturated carbocycles. The number of pyridine rings is 2. The second-order valence-corrected chi connectivity index (χ2v) is 4.56. The predicted molar refractivity (Wildman–Crippen MR) is 73.7 cm³/mol. The normalized spacial score (nSPS) is 10.9. The zero-order chi connectivity index (χ0) is 13.4. The van der Waals surface area contributed by atoms with Crippen molar-refractivity contribution in [3.8, 4) is 17.1 Å². The summed E-state index contributed by atoms with van der Waals surface area (Å²) in [6.07, 6.45) is 3.29. The van der Waals surface area contributed by atoms with Crippen molar-refractivity contribution in [2.24, 2.45) is 0 Å². The van der Waals surface area contributed by atoms with Crippen LogP contribution in [-0.2, 0) is 0 Å². The molecule has 0 aromatic carbocycles. The van der Waals surface area contributed by atoms with E-state index in [0.29, 0.717) is 27.8 Å². The number of hydrogen-bond acceptors (Lipinski definition) is 4. The van der Waals surface area contributed by atoms with Crippen molar-refractivity contribution in [1.82, 2.24) is 19.9 Å². The predicted octanol–water partition coefficient (Wildman–Crippen LogP) is 3.34. The molecule has 0 radical (unpaired) electrons. The van der Waals surface area contributed by atoms with Crippen LogP contribution in [0.3, 0.4) is 0 Å². The Labute approximate surface area is 118 Å². The summed E-state index contributed by atoms with van der Waals surface area (Å²) in [7, 11) is 1.58. The number of fused-ring (bicyclic) bond motifs is 1. The molecule has 0 aliphatic carbocycles. The van der Waals surface area contributed by atoms with Gasteiger partial charge >= 0.3 is 0 Å². The number of imidazole rings is 1. The quantitative estimate of drug-likeness (QED) is 0.736. The first-order valence-electron chi connectivity index (χ1n) is 5.39. The maximum Gasteiger partial charge on any atom is 0.179 e. The topological polar surface area (TPSA) is 63.7 Å². The minimum Gasteiger partial charge on any atom is -0.494 e. The van der Waals surface area contributed by atoms with Crippen LogP contribution in [0, 0.1) is 0 Å². The van der Waals surface area contributed by atoms with Crippen LogP contribution >= 0.6 is 23.2 Å². The first-order valence-corrected chi connectivity index (χ1v) is 6.15. The molecule has 96 valence electrons. The molecule has 19 heavy (non-hydrogen) atoms. The highest BCUT2D eigenvalue weighted by Crippen LogP contribution is 2.29. The lowest BCUT2D eigenvalue weighted by Gasteiger charge is -2.03. The number of aromatic nitrogens is 4. The number of H-pyrrole nitrogens is 1. The molecule has 0 amide bonds. The van der Waals surface area contributed by atoms with Gasteiger partial charge in [0, 0.05) is 6.20 Å². The molecule has 3 heterocycles. The summed E-state index contributed by atoms with van der Waals surface area (Å²) in [5.74, 6) is 1.25. The number of hydrogen-bond donors (Lipinski definition) is 1. The molecular weight excluding hydrogens is 287 g/mol. The lowest BCUT2D eigenvalue weighted by atomic mass is 10.2. The number of halogens is 2. The third kappa shape index (κ3) is 2.11. The van der Waals surface area contributed by atoms with Crippen LogP contribution in [0.4, 0.5) is 0 Å². The Morgan fingerprint density at radius 3 is 2.89 bits per heavy atom. The van der Waals surface area contributed by atoms with Gasteiger partial charge in [0.2, 0.25) is 0 Å². The van der Waals surface area contributed by atoms with E-state index in [4.69, 9.17) is 27.9 Å². The molecule has 0 saturated heterocycles. The van der Waals surface area contributed by atoms with Gasteiger partial charge in [-0.25, -0.2) is 9.97 Å². The second kappa shape index (κ2) is 4.68. The van der Waals surface area contributed by atoms with Crippen molar-refractivity contribution >= 4 is 34.4 Å². The van der Waals surface area contributed by atoms with Gasteiger partial charge in [-0.2, -0.15) is 0 Å². The summed E-state index contributed by atoms with van der Waals surface area (Å²) in [4.78, 5) is 15.6. The molecule has 0 atom stereocenters. The van der Waals surface area contributed by atoms with Gasteiger partial charge in [-0.3, -0.25) is 4.98 Å². The van der Waals surface area contributed by atoms with Crippen LogP contribution in [0.5, 0.6) is 5.75 Å². The standard InChI is InChI=1S/C12H8Cl2N4O/c1-19-9-5-15-3-2-6(9)11-16-8-4-7(13)10(14)17-12(8)18-11/h2-5H,1H3,(H,16,17,18). The molecule has 0 fully saturated rings. The van der Waals surface area contributed by atoms with Crippen molar-refractivity contribution in [2.75, 3.05) is 7.11 Å². The van der Waals surface area contributed by atoms with Crippen LogP contribution in [0.25, 0.3) is 22.6 Å². The first kappa shape index (κ1) is 12.2. The largest absolute Gasteiger partial charge is 0.494 e. The fraction of sp³-hybridized carbons (Fsp3) is 0.0833. The monoisotopic (exact) mass is 294 g/mol. The van der Waals surface area contributed by atoms with Crippen LogP contribution in [0.15, 0.2) is 24.5 Å². The van der Waals surface area contributed by atoms with Gasteiger partial charge in [0.1, 0.15) is 16.7 Å². The number of nitrogens with one attached hydrogen (secondary N) is 1. The van der Waals surface area contributed by atoms with Gasteiger partial charge in [-0.05, 0) is 12.1 Å².